The molecule has 8 rings (SSSR count). The predicted octanol–water partition coefficient (Wildman–Crippen LogP) is 9.25. The molecule has 0 aliphatic rings. The molecule has 0 amide bonds. The van der Waals surface area contributed by atoms with Gasteiger partial charge in [0.05, 0.1) is 22.4 Å². The highest BCUT2D eigenvalue weighted by atomic mass is 15.6. The van der Waals surface area contributed by atoms with Gasteiger partial charge in [0, 0.05) is 28.6 Å². The summed E-state index contributed by atoms with van der Waals surface area (Å²) in [5.41, 5.74) is 4.50. The van der Waals surface area contributed by atoms with Crippen molar-refractivity contribution < 1.29 is 0 Å². The average Bonchev–Trinajstić information content (AvgIpc) is 3.32. The summed E-state index contributed by atoms with van der Waals surface area (Å²) in [5.74, 6) is 0. The molecule has 3 nitrogen and oxygen atoms in total. The third-order valence-electron chi connectivity index (χ3n) is 7.64. The first-order valence-corrected chi connectivity index (χ1v) is 12.9. The minimum absolute atomic E-state index is 1.05. The van der Waals surface area contributed by atoms with Crippen LogP contribution in [0.25, 0.3) is 54.1 Å². The van der Waals surface area contributed by atoms with Crippen LogP contribution in [0, 0.1) is 0 Å². The van der Waals surface area contributed by atoms with Gasteiger partial charge in [0.15, 0.2) is 0 Å². The van der Waals surface area contributed by atoms with Crippen molar-refractivity contribution in [3.8, 4) is 0 Å². The summed E-state index contributed by atoms with van der Waals surface area (Å²) in [4.78, 5) is 4.30. The molecule has 0 atom stereocenters. The molecular formula is C35H23N3. The topological polar surface area (TPSA) is 21.1 Å². The molecule has 0 saturated heterocycles. The number of hydrogen-bond donors (Lipinski definition) is 0. The van der Waals surface area contributed by atoms with Crippen LogP contribution in [0.15, 0.2) is 140 Å². The molecule has 0 fully saturated rings. The van der Waals surface area contributed by atoms with E-state index in [1.807, 2.05) is 12.4 Å². The molecule has 2 heterocycles. The molecule has 6 aromatic carbocycles. The van der Waals surface area contributed by atoms with Gasteiger partial charge in [-0.1, -0.05) is 97.1 Å². The van der Waals surface area contributed by atoms with Crippen LogP contribution in [0.2, 0.25) is 0 Å². The highest BCUT2D eigenvalue weighted by molar-refractivity contribution is 6.25. The third kappa shape index (κ3) is 2.99. The third-order valence-corrected chi connectivity index (χ3v) is 7.64. The smallest absolute Gasteiger partial charge is 0.0794 e. The van der Waals surface area contributed by atoms with E-state index in [0.29, 0.717) is 0 Å². The van der Waals surface area contributed by atoms with Crippen molar-refractivity contribution in [2.45, 2.75) is 0 Å². The largest absolute Gasteiger partial charge is 0.265 e. The number of nitrogens with zero attached hydrogens (tertiary/aromatic N) is 3. The van der Waals surface area contributed by atoms with Gasteiger partial charge in [-0.05, 0) is 57.3 Å². The Kier molecular flexibility index (Phi) is 4.52. The zero-order valence-electron chi connectivity index (χ0n) is 20.6. The first-order valence-electron chi connectivity index (χ1n) is 12.9. The van der Waals surface area contributed by atoms with Gasteiger partial charge in [0.2, 0.25) is 0 Å². The van der Waals surface area contributed by atoms with Crippen molar-refractivity contribution in [2.75, 3.05) is 5.01 Å². The fourth-order valence-electron chi connectivity index (χ4n) is 5.98. The normalized spacial score (nSPS) is 11.7. The minimum atomic E-state index is 1.05. The van der Waals surface area contributed by atoms with Crippen LogP contribution in [-0.4, -0.2) is 9.66 Å². The summed E-state index contributed by atoms with van der Waals surface area (Å²) in [6.45, 7) is 0. The monoisotopic (exact) mass is 485 g/mol. The Bertz CT molecular complexity index is 2090. The molecule has 0 aliphatic carbocycles. The van der Waals surface area contributed by atoms with Crippen molar-refractivity contribution in [1.29, 1.82) is 0 Å². The SMILES string of the molecule is c1ccc(N(c2ccncc2)n2c3ccccc3c3ccc4c5ccc6ccccc6c5ccc4c32)cc1. The van der Waals surface area contributed by atoms with Gasteiger partial charge >= 0.3 is 0 Å². The first-order chi connectivity index (χ1) is 18.9. The lowest BCUT2D eigenvalue weighted by atomic mass is 9.96. The molecule has 3 heteroatoms. The lowest BCUT2D eigenvalue weighted by Gasteiger charge is -2.28. The number of aromatic nitrogens is 2. The van der Waals surface area contributed by atoms with Crippen LogP contribution >= 0.6 is 0 Å². The second kappa shape index (κ2) is 8.19. The zero-order chi connectivity index (χ0) is 25.1. The van der Waals surface area contributed by atoms with Crippen molar-refractivity contribution in [1.82, 2.24) is 9.66 Å². The van der Waals surface area contributed by atoms with E-state index >= 15 is 0 Å². The molecule has 38 heavy (non-hydrogen) atoms. The summed E-state index contributed by atoms with van der Waals surface area (Å²) in [6, 6.07) is 45.7. The Labute approximate surface area is 219 Å². The molecule has 178 valence electrons. The summed E-state index contributed by atoms with van der Waals surface area (Å²) in [6.07, 6.45) is 3.71. The van der Waals surface area contributed by atoms with E-state index in [1.54, 1.807) is 0 Å². The van der Waals surface area contributed by atoms with Gasteiger partial charge in [0.25, 0.3) is 0 Å². The zero-order valence-corrected chi connectivity index (χ0v) is 20.6. The van der Waals surface area contributed by atoms with E-state index < -0.39 is 0 Å². The van der Waals surface area contributed by atoms with Crippen LogP contribution in [0.1, 0.15) is 0 Å². The Morgan fingerprint density at radius 2 is 0.974 bits per heavy atom. The molecule has 0 aliphatic heterocycles. The molecule has 0 saturated carbocycles. The van der Waals surface area contributed by atoms with E-state index in [2.05, 4.69) is 142 Å². The Morgan fingerprint density at radius 1 is 0.421 bits per heavy atom. The maximum atomic E-state index is 4.30. The molecule has 0 spiro atoms. The van der Waals surface area contributed by atoms with Gasteiger partial charge < -0.3 is 0 Å². The number of para-hydroxylation sites is 2. The maximum Gasteiger partial charge on any atom is 0.0794 e. The molecule has 0 unspecified atom stereocenters. The Morgan fingerprint density at radius 3 is 1.79 bits per heavy atom. The predicted molar refractivity (Wildman–Crippen MR) is 160 cm³/mol. The highest BCUT2D eigenvalue weighted by Gasteiger charge is 2.21. The second-order valence-electron chi connectivity index (χ2n) is 9.69. The van der Waals surface area contributed by atoms with Gasteiger partial charge in [-0.15, -0.1) is 0 Å². The second-order valence-corrected chi connectivity index (χ2v) is 9.69. The fourth-order valence-corrected chi connectivity index (χ4v) is 5.98. The standard InChI is InChI=1S/C35H23N3/c1-2-9-25(10-3-1)37(26-20-22-36-23-21-26)38-34-13-7-6-12-31(34)33-19-17-30-29-15-14-24-8-4-5-11-27(24)28(29)16-18-32(30)35(33)38/h1-23H. The molecular weight excluding hydrogens is 462 g/mol. The average molecular weight is 486 g/mol. The van der Waals surface area contributed by atoms with E-state index in [4.69, 9.17) is 0 Å². The summed E-state index contributed by atoms with van der Waals surface area (Å²) in [5, 5.41) is 12.4. The van der Waals surface area contributed by atoms with Gasteiger partial charge in [0.1, 0.15) is 0 Å². The summed E-state index contributed by atoms with van der Waals surface area (Å²) >= 11 is 0. The maximum absolute atomic E-state index is 4.30. The van der Waals surface area contributed by atoms with Crippen LogP contribution in [0.3, 0.4) is 0 Å². The van der Waals surface area contributed by atoms with Crippen LogP contribution < -0.4 is 5.01 Å². The van der Waals surface area contributed by atoms with E-state index in [-0.39, 0.29) is 0 Å². The van der Waals surface area contributed by atoms with Crippen molar-refractivity contribution in [3.63, 3.8) is 0 Å². The molecule has 0 radical (unpaired) electrons. The lowest BCUT2D eigenvalue weighted by Crippen LogP contribution is -2.24. The summed E-state index contributed by atoms with van der Waals surface area (Å²) < 4.78 is 2.38. The fraction of sp³-hybridized carbons (Fsp3) is 0. The molecule has 8 aromatic rings. The quantitative estimate of drug-likeness (QED) is 0.233. The summed E-state index contributed by atoms with van der Waals surface area (Å²) in [7, 11) is 0. The van der Waals surface area contributed by atoms with Gasteiger partial charge in [-0.3, -0.25) is 4.98 Å². The van der Waals surface area contributed by atoms with Crippen LogP contribution in [0.4, 0.5) is 11.4 Å². The van der Waals surface area contributed by atoms with Crippen LogP contribution in [0.5, 0.6) is 0 Å². The lowest BCUT2D eigenvalue weighted by molar-refractivity contribution is 0.887. The molecule has 2 aromatic heterocycles. The molecule has 0 bridgehead atoms. The van der Waals surface area contributed by atoms with Gasteiger partial charge in [-0.25, -0.2) is 9.69 Å². The minimum Gasteiger partial charge on any atom is -0.265 e. The highest BCUT2D eigenvalue weighted by Crippen LogP contribution is 2.41. The number of rotatable bonds is 3. The number of benzene rings is 6. The van der Waals surface area contributed by atoms with Crippen molar-refractivity contribution in [3.05, 3.63) is 140 Å². The van der Waals surface area contributed by atoms with Crippen molar-refractivity contribution >= 4 is 65.5 Å². The first kappa shape index (κ1) is 21.0. The van der Waals surface area contributed by atoms with E-state index in [0.717, 1.165) is 16.9 Å². The Hall–Kier alpha value is -5.15. The molecule has 0 N–H and O–H groups in total. The number of pyridine rings is 1. The van der Waals surface area contributed by atoms with Gasteiger partial charge in [-0.2, -0.15) is 0 Å². The Balaban J connectivity index is 1.55. The number of hydrogen-bond acceptors (Lipinski definition) is 2. The van der Waals surface area contributed by atoms with E-state index in [1.165, 1.54) is 48.6 Å². The van der Waals surface area contributed by atoms with Crippen molar-refractivity contribution in [2.24, 2.45) is 0 Å². The van der Waals surface area contributed by atoms with Crippen LogP contribution in [-0.2, 0) is 0 Å². The van der Waals surface area contributed by atoms with E-state index in [9.17, 15) is 0 Å². The number of fused-ring (bicyclic) bond motifs is 9. The number of anilines is 2.